The molecule has 2 N–H and O–H groups in total. The molecule has 0 saturated heterocycles. The second kappa shape index (κ2) is 5.97. The quantitative estimate of drug-likeness (QED) is 0.807. The fourth-order valence-electron chi connectivity index (χ4n) is 1.97. The molecule has 1 rings (SSSR count). The summed E-state index contributed by atoms with van der Waals surface area (Å²) in [6.45, 7) is 2.50. The third-order valence-electron chi connectivity index (χ3n) is 2.78. The average molecular weight is 225 g/mol. The number of hydrogen-bond donors (Lipinski definition) is 1. The summed E-state index contributed by atoms with van der Waals surface area (Å²) in [5.41, 5.74) is 5.69. The highest BCUT2D eigenvalue weighted by molar-refractivity contribution is 5.31. The highest BCUT2D eigenvalue weighted by atomic mass is 19.1. The third-order valence-corrected chi connectivity index (χ3v) is 2.78. The molecule has 0 amide bonds. The molecule has 0 radical (unpaired) electrons. The Morgan fingerprint density at radius 2 is 2.06 bits per heavy atom. The number of methoxy groups -OCH3 is 1. The van der Waals surface area contributed by atoms with Crippen LogP contribution in [0.1, 0.15) is 24.0 Å². The van der Waals surface area contributed by atoms with Crippen LogP contribution < -0.4 is 5.73 Å². The average Bonchev–Trinajstić information content (AvgIpc) is 2.27. The molecule has 0 aliphatic rings. The fraction of sp³-hybridized carbons (Fsp3) is 0.538. The Morgan fingerprint density at radius 1 is 1.38 bits per heavy atom. The predicted octanol–water partition coefficient (Wildman–Crippen LogP) is 2.55. The van der Waals surface area contributed by atoms with Crippen molar-refractivity contribution in [3.8, 4) is 0 Å². The number of rotatable bonds is 6. The maximum absolute atomic E-state index is 14.8. The maximum Gasteiger partial charge on any atom is 0.159 e. The Hall–Kier alpha value is -0.930. The minimum Gasteiger partial charge on any atom is -0.381 e. The molecular weight excluding hydrogens is 205 g/mol. The van der Waals surface area contributed by atoms with Crippen LogP contribution in [0.3, 0.4) is 0 Å². The van der Waals surface area contributed by atoms with Crippen LogP contribution in [0.2, 0.25) is 0 Å². The van der Waals surface area contributed by atoms with E-state index < -0.39 is 5.67 Å². The van der Waals surface area contributed by atoms with E-state index in [-0.39, 0.29) is 6.61 Å². The first-order chi connectivity index (χ1) is 7.64. The van der Waals surface area contributed by atoms with E-state index in [4.69, 9.17) is 10.5 Å². The van der Waals surface area contributed by atoms with E-state index in [0.717, 1.165) is 5.56 Å². The van der Waals surface area contributed by atoms with Gasteiger partial charge >= 0.3 is 0 Å². The smallest absolute Gasteiger partial charge is 0.159 e. The fourth-order valence-corrected chi connectivity index (χ4v) is 1.97. The number of nitrogens with two attached hydrogens (primary N) is 1. The van der Waals surface area contributed by atoms with Gasteiger partial charge < -0.3 is 10.5 Å². The Kier molecular flexibility index (Phi) is 4.90. The number of alkyl halides is 1. The van der Waals surface area contributed by atoms with Crippen LogP contribution in [-0.4, -0.2) is 20.3 Å². The summed E-state index contributed by atoms with van der Waals surface area (Å²) < 4.78 is 19.8. The van der Waals surface area contributed by atoms with Gasteiger partial charge in [0.15, 0.2) is 5.67 Å². The number of halogens is 1. The van der Waals surface area contributed by atoms with Crippen LogP contribution in [0, 0.1) is 6.92 Å². The number of hydrogen-bond acceptors (Lipinski definition) is 2. The lowest BCUT2D eigenvalue weighted by Crippen LogP contribution is -2.28. The first-order valence-corrected chi connectivity index (χ1v) is 5.58. The van der Waals surface area contributed by atoms with Crippen molar-refractivity contribution in [2.24, 2.45) is 5.73 Å². The van der Waals surface area contributed by atoms with E-state index in [1.54, 1.807) is 0 Å². The molecular formula is C13H20FNO. The minimum atomic E-state index is -1.42. The van der Waals surface area contributed by atoms with Gasteiger partial charge in [-0.25, -0.2) is 4.39 Å². The van der Waals surface area contributed by atoms with E-state index >= 15 is 0 Å². The highest BCUT2D eigenvalue weighted by Crippen LogP contribution is 2.33. The molecule has 1 aromatic carbocycles. The van der Waals surface area contributed by atoms with Gasteiger partial charge in [0.2, 0.25) is 0 Å². The molecule has 0 saturated carbocycles. The van der Waals surface area contributed by atoms with E-state index in [2.05, 4.69) is 0 Å². The molecule has 0 spiro atoms. The highest BCUT2D eigenvalue weighted by Gasteiger charge is 2.32. The van der Waals surface area contributed by atoms with E-state index in [1.165, 1.54) is 7.11 Å². The first-order valence-electron chi connectivity index (χ1n) is 5.58. The summed E-state index contributed by atoms with van der Waals surface area (Å²) in [5.74, 6) is 0. The van der Waals surface area contributed by atoms with Crippen LogP contribution >= 0.6 is 0 Å². The second-order valence-corrected chi connectivity index (χ2v) is 4.11. The molecule has 0 aliphatic heterocycles. The summed E-state index contributed by atoms with van der Waals surface area (Å²) in [6.07, 6.45) is 1.07. The Bertz CT molecular complexity index is 329. The van der Waals surface area contributed by atoms with E-state index in [1.807, 2.05) is 31.2 Å². The molecule has 0 bridgehead atoms. The van der Waals surface area contributed by atoms with E-state index in [0.29, 0.717) is 24.9 Å². The summed E-state index contributed by atoms with van der Waals surface area (Å²) in [7, 11) is 1.52. The van der Waals surface area contributed by atoms with Gasteiger partial charge in [0.1, 0.15) is 0 Å². The van der Waals surface area contributed by atoms with Gasteiger partial charge in [-0.1, -0.05) is 24.3 Å². The lowest BCUT2D eigenvalue weighted by Gasteiger charge is -2.26. The van der Waals surface area contributed by atoms with Gasteiger partial charge in [-0.2, -0.15) is 0 Å². The van der Waals surface area contributed by atoms with Gasteiger partial charge in [-0.15, -0.1) is 0 Å². The van der Waals surface area contributed by atoms with Crippen LogP contribution in [0.25, 0.3) is 0 Å². The molecule has 1 atom stereocenters. The van der Waals surface area contributed by atoms with Crippen molar-refractivity contribution in [3.63, 3.8) is 0 Å². The number of benzene rings is 1. The van der Waals surface area contributed by atoms with E-state index in [9.17, 15) is 4.39 Å². The zero-order valence-corrected chi connectivity index (χ0v) is 10.0. The van der Waals surface area contributed by atoms with Gasteiger partial charge in [0.05, 0.1) is 6.61 Å². The van der Waals surface area contributed by atoms with Crippen LogP contribution in [0.15, 0.2) is 24.3 Å². The molecule has 1 unspecified atom stereocenters. The topological polar surface area (TPSA) is 35.2 Å². The molecule has 90 valence electrons. The zero-order chi connectivity index (χ0) is 12.0. The van der Waals surface area contributed by atoms with Gasteiger partial charge in [-0.3, -0.25) is 0 Å². The van der Waals surface area contributed by atoms with Crippen molar-refractivity contribution >= 4 is 0 Å². The van der Waals surface area contributed by atoms with Crippen LogP contribution in [-0.2, 0) is 10.4 Å². The van der Waals surface area contributed by atoms with Crippen molar-refractivity contribution in [3.05, 3.63) is 35.4 Å². The molecule has 1 aromatic rings. The third kappa shape index (κ3) is 3.03. The van der Waals surface area contributed by atoms with Crippen molar-refractivity contribution in [1.82, 2.24) is 0 Å². The summed E-state index contributed by atoms with van der Waals surface area (Å²) in [6, 6.07) is 7.51. The summed E-state index contributed by atoms with van der Waals surface area (Å²) >= 11 is 0. The molecule has 2 nitrogen and oxygen atoms in total. The summed E-state index contributed by atoms with van der Waals surface area (Å²) in [5, 5.41) is 0. The van der Waals surface area contributed by atoms with Gasteiger partial charge in [0, 0.05) is 7.11 Å². The lowest BCUT2D eigenvalue weighted by atomic mass is 9.88. The van der Waals surface area contributed by atoms with Crippen molar-refractivity contribution < 1.29 is 9.13 Å². The van der Waals surface area contributed by atoms with Crippen LogP contribution in [0.5, 0.6) is 0 Å². The minimum absolute atomic E-state index is 0.0812. The molecule has 0 aliphatic carbocycles. The maximum atomic E-state index is 14.8. The normalized spacial score (nSPS) is 14.8. The molecule has 0 aromatic heterocycles. The summed E-state index contributed by atoms with van der Waals surface area (Å²) in [4.78, 5) is 0. The Morgan fingerprint density at radius 3 is 2.62 bits per heavy atom. The lowest BCUT2D eigenvalue weighted by molar-refractivity contribution is 0.0299. The Balaban J connectivity index is 2.96. The predicted molar refractivity (Wildman–Crippen MR) is 64.1 cm³/mol. The zero-order valence-electron chi connectivity index (χ0n) is 10.0. The Labute approximate surface area is 96.6 Å². The van der Waals surface area contributed by atoms with Crippen molar-refractivity contribution in [2.75, 3.05) is 20.3 Å². The molecule has 3 heteroatoms. The van der Waals surface area contributed by atoms with Crippen molar-refractivity contribution in [2.45, 2.75) is 25.4 Å². The SMILES string of the molecule is COCC(F)(CCCN)c1ccccc1C. The molecule has 16 heavy (non-hydrogen) atoms. The van der Waals surface area contributed by atoms with Gasteiger partial charge in [0.25, 0.3) is 0 Å². The monoisotopic (exact) mass is 225 g/mol. The molecule has 0 heterocycles. The second-order valence-electron chi connectivity index (χ2n) is 4.11. The van der Waals surface area contributed by atoms with Crippen LogP contribution in [0.4, 0.5) is 4.39 Å². The number of ether oxygens (including phenoxy) is 1. The standard InChI is InChI=1S/C13H20FNO/c1-11-6-3-4-7-12(11)13(14,10-16-2)8-5-9-15/h3-4,6-7H,5,8-10,15H2,1-2H3. The van der Waals surface area contributed by atoms with Crippen molar-refractivity contribution in [1.29, 1.82) is 0 Å². The molecule has 0 fully saturated rings. The first kappa shape index (κ1) is 13.1. The van der Waals surface area contributed by atoms with Gasteiger partial charge in [-0.05, 0) is 37.4 Å². The number of aryl methyl sites for hydroxylation is 1. The largest absolute Gasteiger partial charge is 0.381 e.